The summed E-state index contributed by atoms with van der Waals surface area (Å²) in [5.74, 6) is 0.719. The van der Waals surface area contributed by atoms with Gasteiger partial charge in [-0.15, -0.1) is 0 Å². The van der Waals surface area contributed by atoms with E-state index >= 15 is 0 Å². The van der Waals surface area contributed by atoms with Crippen LogP contribution in [-0.2, 0) is 22.6 Å². The van der Waals surface area contributed by atoms with Gasteiger partial charge in [0.25, 0.3) is 0 Å². The van der Waals surface area contributed by atoms with Crippen LogP contribution in [-0.4, -0.2) is 53.7 Å². The number of alkyl halides is 3. The molecule has 27 heavy (non-hydrogen) atoms. The van der Waals surface area contributed by atoms with Gasteiger partial charge in [0.15, 0.2) is 9.84 Å². The summed E-state index contributed by atoms with van der Waals surface area (Å²) in [6, 6.07) is 1.64. The number of aryl methyl sites for hydroxylation is 1. The largest absolute Gasteiger partial charge is 0.433 e. The van der Waals surface area contributed by atoms with Crippen molar-refractivity contribution < 1.29 is 21.6 Å². The molecule has 1 aliphatic carbocycles. The first kappa shape index (κ1) is 19.2. The molecule has 0 amide bonds. The lowest BCUT2D eigenvalue weighted by atomic mass is 9.83. The summed E-state index contributed by atoms with van der Waals surface area (Å²) in [6.07, 6.45) is 0.129. The molecule has 3 aliphatic rings. The van der Waals surface area contributed by atoms with Crippen LogP contribution in [0.15, 0.2) is 6.07 Å². The Balaban J connectivity index is 1.37. The normalized spacial score (nSPS) is 30.5. The minimum absolute atomic E-state index is 0.0306. The van der Waals surface area contributed by atoms with Crippen LogP contribution in [0.1, 0.15) is 56.3 Å². The minimum atomic E-state index is -4.37. The van der Waals surface area contributed by atoms with Crippen molar-refractivity contribution in [2.24, 2.45) is 5.41 Å². The first-order valence-electron chi connectivity index (χ1n) is 9.70. The molecule has 9 heteroatoms. The van der Waals surface area contributed by atoms with Gasteiger partial charge in [0.2, 0.25) is 0 Å². The van der Waals surface area contributed by atoms with E-state index in [-0.39, 0.29) is 17.9 Å². The van der Waals surface area contributed by atoms with Crippen molar-refractivity contribution in [2.75, 3.05) is 24.6 Å². The van der Waals surface area contributed by atoms with Gasteiger partial charge in [0, 0.05) is 30.5 Å². The number of likely N-dealkylation sites (tertiary alicyclic amines) is 1. The molecule has 0 unspecified atom stereocenters. The zero-order valence-corrected chi connectivity index (χ0v) is 16.3. The second kappa shape index (κ2) is 6.47. The number of hydrogen-bond acceptors (Lipinski definition) is 4. The maximum atomic E-state index is 13.1. The summed E-state index contributed by atoms with van der Waals surface area (Å²) in [6.45, 7) is 3.67. The average Bonchev–Trinajstić information content (AvgIpc) is 3.18. The third kappa shape index (κ3) is 3.64. The lowest BCUT2D eigenvalue weighted by molar-refractivity contribution is -0.144. The Labute approximate surface area is 157 Å². The molecule has 0 radical (unpaired) electrons. The molecule has 1 aromatic heterocycles. The maximum Gasteiger partial charge on any atom is 0.433 e. The van der Waals surface area contributed by atoms with Gasteiger partial charge >= 0.3 is 6.18 Å². The van der Waals surface area contributed by atoms with Crippen molar-refractivity contribution in [3.63, 3.8) is 0 Å². The fraction of sp³-hybridized carbons (Fsp3) is 0.833. The summed E-state index contributed by atoms with van der Waals surface area (Å²) >= 11 is 0. The smallest absolute Gasteiger partial charge is 0.300 e. The molecule has 0 atom stereocenters. The van der Waals surface area contributed by atoms with E-state index in [1.807, 2.05) is 0 Å². The molecule has 0 bridgehead atoms. The van der Waals surface area contributed by atoms with Crippen molar-refractivity contribution in [3.8, 4) is 0 Å². The number of nitrogens with zero attached hydrogens (tertiary/aromatic N) is 3. The maximum absolute atomic E-state index is 13.1. The number of aromatic nitrogens is 2. The monoisotopic (exact) mass is 405 g/mol. The number of rotatable bonds is 3. The van der Waals surface area contributed by atoms with E-state index in [1.54, 1.807) is 6.92 Å². The summed E-state index contributed by atoms with van der Waals surface area (Å²) < 4.78 is 63.6. The predicted octanol–water partition coefficient (Wildman–Crippen LogP) is 3.07. The van der Waals surface area contributed by atoms with Crippen LogP contribution in [0.3, 0.4) is 0 Å². The summed E-state index contributed by atoms with van der Waals surface area (Å²) in [5.41, 5.74) is -0.127. The average molecular weight is 405 g/mol. The Bertz CT molecular complexity index is 798. The molecular formula is C18H26F3N3O2S. The van der Waals surface area contributed by atoms with Crippen LogP contribution in [0.4, 0.5) is 13.2 Å². The first-order valence-corrected chi connectivity index (χ1v) is 11.5. The molecular weight excluding hydrogens is 379 g/mol. The van der Waals surface area contributed by atoms with E-state index in [2.05, 4.69) is 10.00 Å². The summed E-state index contributed by atoms with van der Waals surface area (Å²) in [5, 5.41) is 4.22. The molecule has 5 nitrogen and oxygen atoms in total. The van der Waals surface area contributed by atoms with Crippen LogP contribution in [0.2, 0.25) is 0 Å². The Morgan fingerprint density at radius 1 is 1.22 bits per heavy atom. The number of halogens is 3. The SMILES string of the molecule is CCn1nc(C2CCC(N3CCC4(C3)CS(=O)(=O)C4)CC2)cc1C(F)(F)F. The molecule has 1 aromatic rings. The third-order valence-corrected chi connectivity index (χ3v) is 8.64. The molecule has 0 aromatic carbocycles. The zero-order chi connectivity index (χ0) is 19.4. The molecule has 2 aliphatic heterocycles. The van der Waals surface area contributed by atoms with Crippen molar-refractivity contribution in [1.82, 2.24) is 14.7 Å². The van der Waals surface area contributed by atoms with E-state index in [0.29, 0.717) is 23.2 Å². The van der Waals surface area contributed by atoms with Gasteiger partial charge in [0.05, 0.1) is 17.2 Å². The molecule has 3 heterocycles. The van der Waals surface area contributed by atoms with Crippen molar-refractivity contribution in [1.29, 1.82) is 0 Å². The highest BCUT2D eigenvalue weighted by Gasteiger charge is 2.53. The van der Waals surface area contributed by atoms with Crippen LogP contribution in [0.5, 0.6) is 0 Å². The standard InChI is InChI=1S/C18H26F3N3O2S/c1-2-24-16(18(19,20)21)9-15(22-24)13-3-5-14(6-4-13)23-8-7-17(10-23)11-27(25,26)12-17/h9,13-14H,2-8,10-12H2,1H3. The molecule has 4 rings (SSSR count). The fourth-order valence-electron chi connectivity index (χ4n) is 5.25. The molecule has 1 spiro atoms. The van der Waals surface area contributed by atoms with Crippen molar-refractivity contribution in [2.45, 2.75) is 63.7 Å². The molecule has 2 saturated heterocycles. The van der Waals surface area contributed by atoms with Crippen LogP contribution < -0.4 is 0 Å². The highest BCUT2D eigenvalue weighted by molar-refractivity contribution is 7.92. The van der Waals surface area contributed by atoms with Crippen LogP contribution in [0, 0.1) is 5.41 Å². The quantitative estimate of drug-likeness (QED) is 0.776. The second-order valence-corrected chi connectivity index (χ2v) is 10.6. The number of sulfone groups is 1. The van der Waals surface area contributed by atoms with Gasteiger partial charge in [0.1, 0.15) is 5.69 Å². The van der Waals surface area contributed by atoms with E-state index in [1.165, 1.54) is 6.07 Å². The van der Waals surface area contributed by atoms with Gasteiger partial charge in [-0.3, -0.25) is 9.58 Å². The topological polar surface area (TPSA) is 55.2 Å². The summed E-state index contributed by atoms with van der Waals surface area (Å²) in [7, 11) is -2.82. The predicted molar refractivity (Wildman–Crippen MR) is 95.2 cm³/mol. The second-order valence-electron chi connectivity index (χ2n) is 8.53. The highest BCUT2D eigenvalue weighted by atomic mass is 32.2. The van der Waals surface area contributed by atoms with E-state index in [0.717, 1.165) is 49.9 Å². The van der Waals surface area contributed by atoms with Gasteiger partial charge in [-0.1, -0.05) is 0 Å². The van der Waals surface area contributed by atoms with Crippen molar-refractivity contribution in [3.05, 3.63) is 17.5 Å². The molecule has 152 valence electrons. The summed E-state index contributed by atoms with van der Waals surface area (Å²) in [4.78, 5) is 2.41. The van der Waals surface area contributed by atoms with Gasteiger partial charge in [-0.05, 0) is 51.6 Å². The Morgan fingerprint density at radius 3 is 2.41 bits per heavy atom. The van der Waals surface area contributed by atoms with Gasteiger partial charge < -0.3 is 0 Å². The fourth-order valence-corrected chi connectivity index (χ4v) is 7.50. The lowest BCUT2D eigenvalue weighted by Crippen LogP contribution is -2.51. The Hall–Kier alpha value is -1.09. The molecule has 1 saturated carbocycles. The zero-order valence-electron chi connectivity index (χ0n) is 15.5. The Morgan fingerprint density at radius 2 is 1.89 bits per heavy atom. The van der Waals surface area contributed by atoms with E-state index < -0.39 is 21.7 Å². The molecule has 0 N–H and O–H groups in total. The van der Waals surface area contributed by atoms with Crippen LogP contribution >= 0.6 is 0 Å². The van der Waals surface area contributed by atoms with Gasteiger partial charge in [-0.25, -0.2) is 8.42 Å². The van der Waals surface area contributed by atoms with Crippen molar-refractivity contribution >= 4 is 9.84 Å². The third-order valence-electron chi connectivity index (χ3n) is 6.54. The number of hydrogen-bond donors (Lipinski definition) is 0. The highest BCUT2D eigenvalue weighted by Crippen LogP contribution is 2.44. The minimum Gasteiger partial charge on any atom is -0.300 e. The van der Waals surface area contributed by atoms with E-state index in [4.69, 9.17) is 0 Å². The van der Waals surface area contributed by atoms with Crippen LogP contribution in [0.25, 0.3) is 0 Å². The lowest BCUT2D eigenvalue weighted by Gasteiger charge is -2.39. The van der Waals surface area contributed by atoms with E-state index in [9.17, 15) is 21.6 Å². The van der Waals surface area contributed by atoms with Gasteiger partial charge in [-0.2, -0.15) is 18.3 Å². The molecule has 3 fully saturated rings. The Kier molecular flexibility index (Phi) is 4.61. The first-order chi connectivity index (χ1) is 12.6.